The number of carbonyl (C=O) groups is 1. The molecule has 3 rings (SSSR count). The highest BCUT2D eigenvalue weighted by Gasteiger charge is 2.34. The van der Waals surface area contributed by atoms with Crippen LogP contribution < -0.4 is 4.90 Å². The fourth-order valence-corrected chi connectivity index (χ4v) is 3.07. The third-order valence-electron chi connectivity index (χ3n) is 3.87. The van der Waals surface area contributed by atoms with Crippen LogP contribution in [-0.2, 0) is 17.8 Å². The predicted octanol–water partition coefficient (Wildman–Crippen LogP) is 3.38. The van der Waals surface area contributed by atoms with Crippen molar-refractivity contribution in [3.8, 4) is 0 Å². The van der Waals surface area contributed by atoms with E-state index in [1.807, 2.05) is 47.4 Å². The first-order chi connectivity index (χ1) is 10.7. The highest BCUT2D eigenvalue weighted by molar-refractivity contribution is 7.80. The average Bonchev–Trinajstić information content (AvgIpc) is 2.82. The molecule has 0 unspecified atom stereocenters. The van der Waals surface area contributed by atoms with E-state index in [0.29, 0.717) is 18.2 Å². The van der Waals surface area contributed by atoms with Crippen molar-refractivity contribution in [3.05, 3.63) is 65.7 Å². The summed E-state index contributed by atoms with van der Waals surface area (Å²) >= 11 is 5.56. The van der Waals surface area contributed by atoms with Crippen molar-refractivity contribution in [2.45, 2.75) is 19.9 Å². The Morgan fingerprint density at radius 1 is 1.05 bits per heavy atom. The molecule has 0 bridgehead atoms. The van der Waals surface area contributed by atoms with Crippen molar-refractivity contribution in [2.75, 3.05) is 11.4 Å². The molecule has 2 aromatic rings. The van der Waals surface area contributed by atoms with E-state index >= 15 is 0 Å². The van der Waals surface area contributed by atoms with E-state index < -0.39 is 0 Å². The van der Waals surface area contributed by atoms with Gasteiger partial charge in [-0.15, -0.1) is 0 Å². The Labute approximate surface area is 136 Å². The van der Waals surface area contributed by atoms with Crippen molar-refractivity contribution in [1.82, 2.24) is 4.90 Å². The minimum Gasteiger partial charge on any atom is -0.335 e. The molecule has 22 heavy (non-hydrogen) atoms. The van der Waals surface area contributed by atoms with Crippen LogP contribution in [0.2, 0.25) is 0 Å². The van der Waals surface area contributed by atoms with E-state index in [1.54, 1.807) is 4.90 Å². The van der Waals surface area contributed by atoms with E-state index in [4.69, 9.17) is 12.2 Å². The Bertz CT molecular complexity index is 699. The molecular weight excluding hydrogens is 292 g/mol. The van der Waals surface area contributed by atoms with Crippen molar-refractivity contribution >= 4 is 28.9 Å². The van der Waals surface area contributed by atoms with Gasteiger partial charge in [-0.05, 0) is 35.8 Å². The Morgan fingerprint density at radius 2 is 1.73 bits per heavy atom. The molecule has 0 saturated carbocycles. The summed E-state index contributed by atoms with van der Waals surface area (Å²) in [4.78, 5) is 16.1. The smallest absolute Gasteiger partial charge is 0.252 e. The lowest BCUT2D eigenvalue weighted by Crippen LogP contribution is -2.33. The quantitative estimate of drug-likeness (QED) is 0.809. The van der Waals surface area contributed by atoms with Gasteiger partial charge in [-0.2, -0.15) is 0 Å². The molecule has 3 nitrogen and oxygen atoms in total. The van der Waals surface area contributed by atoms with Crippen LogP contribution in [0.1, 0.15) is 18.1 Å². The summed E-state index contributed by atoms with van der Waals surface area (Å²) in [6, 6.07) is 18.0. The van der Waals surface area contributed by atoms with E-state index in [0.717, 1.165) is 23.2 Å². The predicted molar refractivity (Wildman–Crippen MR) is 92.8 cm³/mol. The second-order valence-corrected chi connectivity index (χ2v) is 5.70. The third-order valence-corrected chi connectivity index (χ3v) is 4.31. The molecule has 0 radical (unpaired) electrons. The van der Waals surface area contributed by atoms with Crippen molar-refractivity contribution in [3.63, 3.8) is 0 Å². The molecular formula is C18H18N2OS. The Balaban J connectivity index is 1.86. The van der Waals surface area contributed by atoms with Crippen LogP contribution in [0.25, 0.3) is 0 Å². The summed E-state index contributed by atoms with van der Waals surface area (Å²) in [6.07, 6.45) is 0.876. The molecule has 2 aromatic carbocycles. The zero-order valence-corrected chi connectivity index (χ0v) is 13.3. The maximum atomic E-state index is 12.5. The fraction of sp³-hybridized carbons (Fsp3) is 0.222. The number of amides is 1. The Morgan fingerprint density at radius 3 is 2.45 bits per heavy atom. The largest absolute Gasteiger partial charge is 0.335 e. The molecule has 1 fully saturated rings. The summed E-state index contributed by atoms with van der Waals surface area (Å²) in [7, 11) is 0. The van der Waals surface area contributed by atoms with Gasteiger partial charge in [-0.1, -0.05) is 55.5 Å². The number of benzene rings is 2. The topological polar surface area (TPSA) is 23.6 Å². The summed E-state index contributed by atoms with van der Waals surface area (Å²) in [5.41, 5.74) is 3.21. The molecule has 0 spiro atoms. The first kappa shape index (κ1) is 14.7. The van der Waals surface area contributed by atoms with E-state index in [2.05, 4.69) is 19.1 Å². The number of hydrogen-bond acceptors (Lipinski definition) is 2. The van der Waals surface area contributed by atoms with E-state index in [9.17, 15) is 4.79 Å². The van der Waals surface area contributed by atoms with Gasteiger partial charge >= 0.3 is 0 Å². The van der Waals surface area contributed by atoms with Gasteiger partial charge in [-0.3, -0.25) is 9.69 Å². The number of thiocarbonyl (C=S) groups is 1. The number of rotatable bonds is 4. The number of nitrogens with zero attached hydrogens (tertiary/aromatic N) is 2. The number of carbonyl (C=O) groups excluding carboxylic acids is 1. The van der Waals surface area contributed by atoms with Crippen molar-refractivity contribution in [1.29, 1.82) is 0 Å². The normalized spacial score (nSPS) is 14.8. The molecule has 4 heteroatoms. The second-order valence-electron chi connectivity index (χ2n) is 5.34. The van der Waals surface area contributed by atoms with Gasteiger partial charge in [0.25, 0.3) is 5.91 Å². The zero-order valence-electron chi connectivity index (χ0n) is 12.5. The number of aryl methyl sites for hydroxylation is 1. The lowest BCUT2D eigenvalue weighted by molar-refractivity contribution is -0.116. The first-order valence-electron chi connectivity index (χ1n) is 7.44. The summed E-state index contributed by atoms with van der Waals surface area (Å²) in [5, 5.41) is 0.592. The maximum absolute atomic E-state index is 12.5. The molecule has 1 aliphatic heterocycles. The van der Waals surface area contributed by atoms with Crippen LogP contribution in [0.5, 0.6) is 0 Å². The molecule has 1 saturated heterocycles. The molecule has 112 valence electrons. The molecule has 0 N–H and O–H groups in total. The van der Waals surface area contributed by atoms with Gasteiger partial charge < -0.3 is 4.90 Å². The van der Waals surface area contributed by atoms with Gasteiger partial charge in [0.2, 0.25) is 0 Å². The fourth-order valence-electron chi connectivity index (χ4n) is 2.74. The third kappa shape index (κ3) is 2.74. The molecule has 0 aromatic heterocycles. The number of anilines is 1. The zero-order chi connectivity index (χ0) is 15.5. The SMILES string of the molecule is CCc1ccccc1N1C(=O)CN(Cc2ccccc2)C1=S. The van der Waals surface area contributed by atoms with Crippen LogP contribution in [0.3, 0.4) is 0 Å². The minimum atomic E-state index is 0.0434. The van der Waals surface area contributed by atoms with Crippen LogP contribution in [-0.4, -0.2) is 22.5 Å². The first-order valence-corrected chi connectivity index (χ1v) is 7.85. The lowest BCUT2D eigenvalue weighted by Gasteiger charge is -2.22. The van der Waals surface area contributed by atoms with Crippen LogP contribution in [0.4, 0.5) is 5.69 Å². The number of para-hydroxylation sites is 1. The summed E-state index contributed by atoms with van der Waals surface area (Å²) in [5.74, 6) is 0.0434. The lowest BCUT2D eigenvalue weighted by atomic mass is 10.1. The average molecular weight is 310 g/mol. The van der Waals surface area contributed by atoms with Crippen molar-refractivity contribution in [2.24, 2.45) is 0 Å². The second kappa shape index (κ2) is 6.28. The maximum Gasteiger partial charge on any atom is 0.252 e. The highest BCUT2D eigenvalue weighted by atomic mass is 32.1. The molecule has 0 atom stereocenters. The molecule has 1 heterocycles. The molecule has 1 amide bonds. The monoisotopic (exact) mass is 310 g/mol. The minimum absolute atomic E-state index is 0.0434. The molecule has 1 aliphatic rings. The van der Waals surface area contributed by atoms with Crippen LogP contribution in [0.15, 0.2) is 54.6 Å². The highest BCUT2D eigenvalue weighted by Crippen LogP contribution is 2.26. The Hall–Kier alpha value is -2.20. The standard InChI is InChI=1S/C18H18N2OS/c1-2-15-10-6-7-11-16(15)20-17(21)13-19(18(20)22)12-14-8-4-3-5-9-14/h3-11H,2,12-13H2,1H3. The number of hydrogen-bond donors (Lipinski definition) is 0. The summed E-state index contributed by atoms with van der Waals surface area (Å²) < 4.78 is 0. The van der Waals surface area contributed by atoms with Gasteiger partial charge in [0.1, 0.15) is 6.54 Å². The summed E-state index contributed by atoms with van der Waals surface area (Å²) in [6.45, 7) is 3.09. The van der Waals surface area contributed by atoms with Gasteiger partial charge in [0.05, 0.1) is 5.69 Å². The van der Waals surface area contributed by atoms with E-state index in [-0.39, 0.29) is 5.91 Å². The van der Waals surface area contributed by atoms with Gasteiger partial charge in [0, 0.05) is 6.54 Å². The molecule has 0 aliphatic carbocycles. The van der Waals surface area contributed by atoms with Gasteiger partial charge in [-0.25, -0.2) is 0 Å². The van der Waals surface area contributed by atoms with Crippen LogP contribution >= 0.6 is 12.2 Å². The van der Waals surface area contributed by atoms with E-state index in [1.165, 1.54) is 0 Å². The Kier molecular flexibility index (Phi) is 4.20. The van der Waals surface area contributed by atoms with Crippen molar-refractivity contribution < 1.29 is 4.79 Å². The van der Waals surface area contributed by atoms with Gasteiger partial charge in [0.15, 0.2) is 5.11 Å². The van der Waals surface area contributed by atoms with Crippen LogP contribution in [0, 0.1) is 0 Å².